The molecule has 0 radical (unpaired) electrons. The van der Waals surface area contributed by atoms with Crippen LogP contribution in [0.2, 0.25) is 0 Å². The molecule has 0 bridgehead atoms. The zero-order chi connectivity index (χ0) is 20.3. The van der Waals surface area contributed by atoms with Gasteiger partial charge in [0.1, 0.15) is 5.76 Å². The van der Waals surface area contributed by atoms with E-state index in [-0.39, 0.29) is 41.0 Å². The molecule has 1 amide bonds. The van der Waals surface area contributed by atoms with Gasteiger partial charge >= 0.3 is 0 Å². The van der Waals surface area contributed by atoms with Crippen molar-refractivity contribution in [3.05, 3.63) is 69.9 Å². The number of hydrogen-bond acceptors (Lipinski definition) is 4. The summed E-state index contributed by atoms with van der Waals surface area (Å²) in [6.45, 7) is 5.56. The second-order valence-corrected chi connectivity index (χ2v) is 7.08. The molecular formula is C23H25NO4. The van der Waals surface area contributed by atoms with Crippen molar-refractivity contribution in [1.29, 1.82) is 0 Å². The van der Waals surface area contributed by atoms with Gasteiger partial charge in [0.2, 0.25) is 0 Å². The van der Waals surface area contributed by atoms with Crippen LogP contribution in [0.5, 0.6) is 0 Å². The normalized spacial score (nSPS) is 13.3. The molecule has 2 N–H and O–H groups in total. The van der Waals surface area contributed by atoms with Crippen LogP contribution in [0.1, 0.15) is 36.2 Å². The van der Waals surface area contributed by atoms with E-state index in [0.29, 0.717) is 16.7 Å². The predicted octanol–water partition coefficient (Wildman–Crippen LogP) is 3.91. The summed E-state index contributed by atoms with van der Waals surface area (Å²) in [5.74, 6) is 0.216. The summed E-state index contributed by atoms with van der Waals surface area (Å²) >= 11 is 0. The van der Waals surface area contributed by atoms with Gasteiger partial charge in [-0.05, 0) is 25.0 Å². The topological polar surface area (TPSA) is 79.5 Å². The van der Waals surface area contributed by atoms with E-state index in [1.165, 1.54) is 0 Å². The van der Waals surface area contributed by atoms with Crippen LogP contribution in [0.15, 0.2) is 57.7 Å². The molecule has 3 aromatic rings. The fourth-order valence-corrected chi connectivity index (χ4v) is 3.25. The Morgan fingerprint density at radius 3 is 2.50 bits per heavy atom. The maximum absolute atomic E-state index is 12.9. The van der Waals surface area contributed by atoms with Crippen LogP contribution in [0.4, 0.5) is 0 Å². The lowest BCUT2D eigenvalue weighted by Gasteiger charge is -2.22. The molecule has 3 rings (SSSR count). The molecule has 0 aliphatic rings. The molecule has 0 spiro atoms. The monoisotopic (exact) mass is 379 g/mol. The van der Waals surface area contributed by atoms with E-state index in [1.807, 2.05) is 44.2 Å². The third-order valence-electron chi connectivity index (χ3n) is 5.27. The number of carbonyl (C=O) groups is 1. The molecule has 0 aliphatic carbocycles. The Labute approximate surface area is 164 Å². The zero-order valence-electron chi connectivity index (χ0n) is 16.4. The number of amides is 1. The van der Waals surface area contributed by atoms with Crippen LogP contribution in [0.25, 0.3) is 22.3 Å². The highest BCUT2D eigenvalue weighted by atomic mass is 16.3. The number of benzene rings is 2. The molecule has 0 saturated heterocycles. The fraction of sp³-hybridized carbons (Fsp3) is 0.304. The number of carbonyl (C=O) groups excluding carboxylic acids is 1. The quantitative estimate of drug-likeness (QED) is 0.681. The molecule has 0 unspecified atom stereocenters. The molecule has 146 valence electrons. The number of aliphatic hydroxyl groups is 1. The third kappa shape index (κ3) is 3.71. The molecule has 1 aromatic heterocycles. The molecule has 5 heteroatoms. The zero-order valence-corrected chi connectivity index (χ0v) is 16.4. The van der Waals surface area contributed by atoms with Crippen molar-refractivity contribution >= 4 is 16.9 Å². The van der Waals surface area contributed by atoms with Gasteiger partial charge in [-0.2, -0.15) is 0 Å². The summed E-state index contributed by atoms with van der Waals surface area (Å²) in [6, 6.07) is 14.0. The number of nitrogens with one attached hydrogen (secondary N) is 1. The highest BCUT2D eigenvalue weighted by molar-refractivity contribution is 6.05. The molecular weight excluding hydrogens is 354 g/mol. The van der Waals surface area contributed by atoms with Crippen molar-refractivity contribution in [2.45, 2.75) is 33.2 Å². The Morgan fingerprint density at radius 1 is 1.14 bits per heavy atom. The number of rotatable bonds is 6. The SMILES string of the molecule is CC[C@H](C)[C@@H](CO)NC(=O)c1cccc2c(=O)c(C)c(-c3ccccc3)oc12. The Hall–Kier alpha value is -2.92. The minimum absolute atomic E-state index is 0.123. The van der Waals surface area contributed by atoms with Crippen LogP contribution >= 0.6 is 0 Å². The Morgan fingerprint density at radius 2 is 1.86 bits per heavy atom. The first-order chi connectivity index (χ1) is 13.5. The van der Waals surface area contributed by atoms with Crippen LogP contribution in [-0.2, 0) is 0 Å². The van der Waals surface area contributed by atoms with Crippen LogP contribution in [0, 0.1) is 12.8 Å². The summed E-state index contributed by atoms with van der Waals surface area (Å²) in [4.78, 5) is 25.8. The molecule has 1 heterocycles. The Balaban J connectivity index is 2.13. The van der Waals surface area contributed by atoms with E-state index in [0.717, 1.165) is 12.0 Å². The van der Waals surface area contributed by atoms with Gasteiger partial charge in [-0.1, -0.05) is 56.7 Å². The van der Waals surface area contributed by atoms with E-state index >= 15 is 0 Å². The summed E-state index contributed by atoms with van der Waals surface area (Å²) in [5.41, 5.74) is 1.67. The standard InChI is InChI=1S/C23H25NO4/c1-4-14(2)19(13-25)24-23(27)18-12-8-11-17-20(26)15(3)21(28-22(17)18)16-9-6-5-7-10-16/h5-12,14,19,25H,4,13H2,1-3H3,(H,24,27)/t14-,19+/m0/s1. The highest BCUT2D eigenvalue weighted by Crippen LogP contribution is 2.27. The van der Waals surface area contributed by atoms with E-state index in [4.69, 9.17) is 4.42 Å². The Kier molecular flexibility index (Phi) is 5.95. The first-order valence-corrected chi connectivity index (χ1v) is 9.51. The van der Waals surface area contributed by atoms with Gasteiger partial charge in [0, 0.05) is 11.1 Å². The average molecular weight is 379 g/mol. The number of aliphatic hydroxyl groups excluding tert-OH is 1. The van der Waals surface area contributed by atoms with Crippen LogP contribution in [-0.4, -0.2) is 23.7 Å². The second-order valence-electron chi connectivity index (χ2n) is 7.08. The molecule has 2 aromatic carbocycles. The summed E-state index contributed by atoms with van der Waals surface area (Å²) < 4.78 is 6.09. The number of fused-ring (bicyclic) bond motifs is 1. The molecule has 0 fully saturated rings. The molecule has 0 aliphatic heterocycles. The molecule has 0 saturated carbocycles. The van der Waals surface area contributed by atoms with Crippen molar-refractivity contribution in [2.75, 3.05) is 6.61 Å². The van der Waals surface area contributed by atoms with Crippen molar-refractivity contribution in [3.63, 3.8) is 0 Å². The maximum Gasteiger partial charge on any atom is 0.255 e. The van der Waals surface area contributed by atoms with Gasteiger partial charge < -0.3 is 14.8 Å². The molecule has 5 nitrogen and oxygen atoms in total. The van der Waals surface area contributed by atoms with Gasteiger partial charge in [0.05, 0.1) is 23.6 Å². The first kappa shape index (κ1) is 19.8. The van der Waals surface area contributed by atoms with E-state index in [2.05, 4.69) is 5.32 Å². The van der Waals surface area contributed by atoms with Crippen molar-refractivity contribution in [3.8, 4) is 11.3 Å². The average Bonchev–Trinajstić information content (AvgIpc) is 2.74. The molecule has 28 heavy (non-hydrogen) atoms. The minimum Gasteiger partial charge on any atom is -0.455 e. The third-order valence-corrected chi connectivity index (χ3v) is 5.27. The lowest BCUT2D eigenvalue weighted by atomic mass is 9.99. The predicted molar refractivity (Wildman–Crippen MR) is 110 cm³/mol. The fourth-order valence-electron chi connectivity index (χ4n) is 3.25. The maximum atomic E-state index is 12.9. The summed E-state index contributed by atoms with van der Waals surface area (Å²) in [6.07, 6.45) is 0.827. The van der Waals surface area contributed by atoms with Gasteiger partial charge in [0.15, 0.2) is 11.0 Å². The smallest absolute Gasteiger partial charge is 0.255 e. The van der Waals surface area contributed by atoms with E-state index in [1.54, 1.807) is 25.1 Å². The van der Waals surface area contributed by atoms with Crippen molar-refractivity contribution < 1.29 is 14.3 Å². The number of para-hydroxylation sites is 1. The number of hydrogen-bond donors (Lipinski definition) is 2. The lowest BCUT2D eigenvalue weighted by molar-refractivity contribution is 0.0892. The van der Waals surface area contributed by atoms with Crippen molar-refractivity contribution in [2.24, 2.45) is 5.92 Å². The second kappa shape index (κ2) is 8.40. The van der Waals surface area contributed by atoms with Gasteiger partial charge in [-0.15, -0.1) is 0 Å². The summed E-state index contributed by atoms with van der Waals surface area (Å²) in [5, 5.41) is 12.9. The lowest BCUT2D eigenvalue weighted by Crippen LogP contribution is -2.42. The first-order valence-electron chi connectivity index (χ1n) is 9.51. The highest BCUT2D eigenvalue weighted by Gasteiger charge is 2.22. The van der Waals surface area contributed by atoms with Crippen molar-refractivity contribution in [1.82, 2.24) is 5.32 Å². The largest absolute Gasteiger partial charge is 0.455 e. The van der Waals surface area contributed by atoms with Crippen LogP contribution < -0.4 is 10.7 Å². The van der Waals surface area contributed by atoms with Gasteiger partial charge in [-0.25, -0.2) is 0 Å². The van der Waals surface area contributed by atoms with Gasteiger partial charge in [-0.3, -0.25) is 9.59 Å². The van der Waals surface area contributed by atoms with Gasteiger partial charge in [0.25, 0.3) is 5.91 Å². The summed E-state index contributed by atoms with van der Waals surface area (Å²) in [7, 11) is 0. The molecule has 2 atom stereocenters. The van der Waals surface area contributed by atoms with Crippen LogP contribution in [0.3, 0.4) is 0 Å². The Bertz CT molecular complexity index is 1040. The van der Waals surface area contributed by atoms with E-state index in [9.17, 15) is 14.7 Å². The van der Waals surface area contributed by atoms with E-state index < -0.39 is 0 Å². The minimum atomic E-state index is -0.365.